The van der Waals surface area contributed by atoms with E-state index < -0.39 is 57.7 Å². The topological polar surface area (TPSA) is 50.2 Å². The predicted molar refractivity (Wildman–Crippen MR) is 56.4 cm³/mol. The third-order valence-electron chi connectivity index (χ3n) is 2.59. The molecule has 0 bridgehead atoms. The van der Waals surface area contributed by atoms with Gasteiger partial charge in [-0.25, -0.2) is 31.7 Å². The van der Waals surface area contributed by atoms with Gasteiger partial charge in [-0.05, 0) is 6.07 Å². The minimum absolute atomic E-state index is 0.665. The van der Waals surface area contributed by atoms with Crippen molar-refractivity contribution in [1.29, 1.82) is 0 Å². The van der Waals surface area contributed by atoms with Crippen molar-refractivity contribution in [1.82, 2.24) is 4.98 Å². The molecule has 0 spiro atoms. The van der Waals surface area contributed by atoms with E-state index in [0.29, 0.717) is 12.3 Å². The molecule has 1 heterocycles. The number of carboxylic acids is 1. The lowest BCUT2D eigenvalue weighted by molar-refractivity contribution is 0.0697. The first-order chi connectivity index (χ1) is 9.77. The minimum Gasteiger partial charge on any atom is -0.478 e. The Kier molecular flexibility index (Phi) is 3.58. The molecular formula is C12H3F6NO2. The summed E-state index contributed by atoms with van der Waals surface area (Å²) >= 11 is 0. The Morgan fingerprint density at radius 2 is 1.33 bits per heavy atom. The molecule has 0 amide bonds. The van der Waals surface area contributed by atoms with Crippen LogP contribution in [0.1, 0.15) is 10.4 Å². The molecule has 0 radical (unpaired) electrons. The number of rotatable bonds is 2. The lowest BCUT2D eigenvalue weighted by Gasteiger charge is -2.11. The molecule has 9 heteroatoms. The number of hydrogen-bond acceptors (Lipinski definition) is 2. The number of aromatic carboxylic acids is 1. The molecule has 110 valence electrons. The first kappa shape index (κ1) is 14.8. The van der Waals surface area contributed by atoms with Gasteiger partial charge in [0.1, 0.15) is 0 Å². The summed E-state index contributed by atoms with van der Waals surface area (Å²) in [5.74, 6) is -15.3. The maximum absolute atomic E-state index is 13.6. The fourth-order valence-electron chi connectivity index (χ4n) is 1.68. The zero-order valence-electron chi connectivity index (χ0n) is 9.73. The van der Waals surface area contributed by atoms with E-state index in [1.165, 1.54) is 0 Å². The van der Waals surface area contributed by atoms with Crippen molar-refractivity contribution in [2.24, 2.45) is 0 Å². The largest absolute Gasteiger partial charge is 0.478 e. The van der Waals surface area contributed by atoms with Crippen LogP contribution in [0.4, 0.5) is 26.3 Å². The Morgan fingerprint density at radius 1 is 0.857 bits per heavy atom. The highest BCUT2D eigenvalue weighted by atomic mass is 19.2. The summed E-state index contributed by atoms with van der Waals surface area (Å²) in [6.45, 7) is 0. The summed E-state index contributed by atoms with van der Waals surface area (Å²) in [6.07, 6.45) is 0.675. The van der Waals surface area contributed by atoms with E-state index >= 15 is 0 Å². The normalized spacial score (nSPS) is 10.8. The highest BCUT2D eigenvalue weighted by Gasteiger charge is 2.31. The van der Waals surface area contributed by atoms with Gasteiger partial charge in [0.2, 0.25) is 11.8 Å². The number of halogens is 6. The van der Waals surface area contributed by atoms with Crippen LogP contribution in [0.5, 0.6) is 0 Å². The molecule has 0 saturated carbocycles. The van der Waals surface area contributed by atoms with Crippen molar-refractivity contribution in [3.63, 3.8) is 0 Å². The Hall–Kier alpha value is -2.58. The molecule has 0 fully saturated rings. The number of hydrogen-bond donors (Lipinski definition) is 1. The van der Waals surface area contributed by atoms with E-state index in [-0.39, 0.29) is 0 Å². The van der Waals surface area contributed by atoms with E-state index in [9.17, 15) is 31.1 Å². The fraction of sp³-hybridized carbons (Fsp3) is 0. The standard InChI is InChI=1S/C12H3F6NO2/c13-6-5(7(14)9(16)10(17)8(6)15)4-3(12(20)21)1-2-19-11(4)18/h1-2H,(H,20,21). The van der Waals surface area contributed by atoms with Crippen molar-refractivity contribution in [2.75, 3.05) is 0 Å². The molecule has 21 heavy (non-hydrogen) atoms. The van der Waals surface area contributed by atoms with Crippen LogP contribution in [-0.2, 0) is 0 Å². The van der Waals surface area contributed by atoms with Crippen molar-refractivity contribution in [3.05, 3.63) is 52.9 Å². The molecule has 0 aliphatic carbocycles. The summed E-state index contributed by atoms with van der Waals surface area (Å²) in [6, 6.07) is 0.665. The van der Waals surface area contributed by atoms with E-state index in [4.69, 9.17) is 5.11 Å². The maximum atomic E-state index is 13.6. The molecule has 2 aromatic rings. The highest BCUT2D eigenvalue weighted by molar-refractivity contribution is 5.96. The maximum Gasteiger partial charge on any atom is 0.336 e. The van der Waals surface area contributed by atoms with Gasteiger partial charge < -0.3 is 5.11 Å². The van der Waals surface area contributed by atoms with E-state index in [1.807, 2.05) is 0 Å². The van der Waals surface area contributed by atoms with Gasteiger partial charge in [0.15, 0.2) is 23.3 Å². The fourth-order valence-corrected chi connectivity index (χ4v) is 1.68. The number of pyridine rings is 1. The van der Waals surface area contributed by atoms with Crippen LogP contribution in [0.15, 0.2) is 12.3 Å². The number of benzene rings is 1. The highest BCUT2D eigenvalue weighted by Crippen LogP contribution is 2.34. The second kappa shape index (κ2) is 5.08. The van der Waals surface area contributed by atoms with E-state index in [0.717, 1.165) is 0 Å². The lowest BCUT2D eigenvalue weighted by atomic mass is 9.99. The van der Waals surface area contributed by atoms with Gasteiger partial charge in [0, 0.05) is 6.20 Å². The van der Waals surface area contributed by atoms with Crippen molar-refractivity contribution in [2.45, 2.75) is 0 Å². The molecule has 1 aromatic carbocycles. The molecule has 2 rings (SSSR count). The average molecular weight is 307 g/mol. The van der Waals surface area contributed by atoms with Gasteiger partial charge in [-0.1, -0.05) is 0 Å². The molecule has 0 aliphatic rings. The second-order valence-electron chi connectivity index (χ2n) is 3.77. The third kappa shape index (κ3) is 2.20. The van der Waals surface area contributed by atoms with Gasteiger partial charge in [-0.2, -0.15) is 4.39 Å². The Bertz CT molecular complexity index is 733. The average Bonchev–Trinajstić information content (AvgIpc) is 2.44. The van der Waals surface area contributed by atoms with Crippen LogP contribution in [0.25, 0.3) is 11.1 Å². The van der Waals surface area contributed by atoms with Crippen molar-refractivity contribution >= 4 is 5.97 Å². The first-order valence-corrected chi connectivity index (χ1v) is 5.17. The number of carboxylic acid groups (broad SMARTS) is 1. The monoisotopic (exact) mass is 307 g/mol. The van der Waals surface area contributed by atoms with E-state index in [1.54, 1.807) is 0 Å². The summed E-state index contributed by atoms with van der Waals surface area (Å²) in [4.78, 5) is 13.9. The SMILES string of the molecule is O=C(O)c1ccnc(F)c1-c1c(F)c(F)c(F)c(F)c1F. The Balaban J connectivity index is 2.96. The van der Waals surface area contributed by atoms with Gasteiger partial charge in [0.05, 0.1) is 16.7 Å². The molecule has 1 aromatic heterocycles. The molecular weight excluding hydrogens is 304 g/mol. The van der Waals surface area contributed by atoms with Crippen LogP contribution >= 0.6 is 0 Å². The lowest BCUT2D eigenvalue weighted by Crippen LogP contribution is -2.09. The number of carbonyl (C=O) groups is 1. The quantitative estimate of drug-likeness (QED) is 0.401. The molecule has 0 saturated heterocycles. The van der Waals surface area contributed by atoms with Crippen LogP contribution in [0, 0.1) is 35.0 Å². The predicted octanol–water partition coefficient (Wildman–Crippen LogP) is 3.28. The minimum atomic E-state index is -2.44. The van der Waals surface area contributed by atoms with Gasteiger partial charge >= 0.3 is 5.97 Å². The summed E-state index contributed by atoms with van der Waals surface area (Å²) in [7, 11) is 0. The molecule has 3 nitrogen and oxygen atoms in total. The summed E-state index contributed by atoms with van der Waals surface area (Å²) in [5.41, 5.74) is -4.00. The first-order valence-electron chi connectivity index (χ1n) is 5.17. The smallest absolute Gasteiger partial charge is 0.336 e. The molecule has 1 N–H and O–H groups in total. The van der Waals surface area contributed by atoms with E-state index in [2.05, 4.69) is 4.98 Å². The van der Waals surface area contributed by atoms with Crippen molar-refractivity contribution in [3.8, 4) is 11.1 Å². The Morgan fingerprint density at radius 3 is 1.81 bits per heavy atom. The summed E-state index contributed by atoms with van der Waals surface area (Å²) in [5, 5.41) is 8.83. The number of aromatic nitrogens is 1. The van der Waals surface area contributed by atoms with Crippen LogP contribution in [0.2, 0.25) is 0 Å². The summed E-state index contributed by atoms with van der Waals surface area (Å²) < 4.78 is 79.9. The second-order valence-corrected chi connectivity index (χ2v) is 3.77. The van der Waals surface area contributed by atoms with Crippen LogP contribution in [0.3, 0.4) is 0 Å². The molecule has 0 atom stereocenters. The van der Waals surface area contributed by atoms with Crippen LogP contribution < -0.4 is 0 Å². The van der Waals surface area contributed by atoms with Gasteiger partial charge in [-0.3, -0.25) is 0 Å². The Labute approximate surface area is 112 Å². The molecule has 0 unspecified atom stereocenters. The van der Waals surface area contributed by atoms with Gasteiger partial charge in [0.25, 0.3) is 0 Å². The van der Waals surface area contributed by atoms with Crippen LogP contribution in [-0.4, -0.2) is 16.1 Å². The zero-order chi connectivity index (χ0) is 15.9. The molecule has 0 aliphatic heterocycles. The van der Waals surface area contributed by atoms with Crippen molar-refractivity contribution < 1.29 is 36.2 Å². The zero-order valence-corrected chi connectivity index (χ0v) is 9.73. The van der Waals surface area contributed by atoms with Gasteiger partial charge in [-0.15, -0.1) is 0 Å². The number of nitrogens with zero attached hydrogens (tertiary/aromatic N) is 1. The third-order valence-corrected chi connectivity index (χ3v) is 2.59.